The predicted molar refractivity (Wildman–Crippen MR) is 195 cm³/mol. The summed E-state index contributed by atoms with van der Waals surface area (Å²) in [5, 5.41) is 0. The van der Waals surface area contributed by atoms with Crippen molar-refractivity contribution in [2.75, 3.05) is 39.6 Å². The van der Waals surface area contributed by atoms with Crippen LogP contribution < -0.4 is 14.2 Å². The molecule has 0 bridgehead atoms. The van der Waals surface area contributed by atoms with Crippen LogP contribution in [0, 0.1) is 0 Å². The molecule has 0 aliphatic heterocycles. The van der Waals surface area contributed by atoms with E-state index in [0.717, 1.165) is 22.8 Å². The molecule has 248 valence electrons. The van der Waals surface area contributed by atoms with Crippen molar-refractivity contribution in [2.45, 2.75) is 12.0 Å². The Morgan fingerprint density at radius 3 is 1.06 bits per heavy atom. The van der Waals surface area contributed by atoms with Gasteiger partial charge in [0.05, 0.1) is 31.8 Å². The second kappa shape index (κ2) is 17.7. The van der Waals surface area contributed by atoms with Gasteiger partial charge in [-0.15, -0.1) is 0 Å². The van der Waals surface area contributed by atoms with E-state index in [1.54, 1.807) is 0 Å². The summed E-state index contributed by atoms with van der Waals surface area (Å²) in [4.78, 5) is 0. The van der Waals surface area contributed by atoms with Gasteiger partial charge in [-0.25, -0.2) is 0 Å². The van der Waals surface area contributed by atoms with Gasteiger partial charge in [0.15, 0.2) is 0 Å². The Bertz CT molecular complexity index is 1680. The van der Waals surface area contributed by atoms with E-state index in [-0.39, 0.29) is 0 Å². The van der Waals surface area contributed by atoms with E-state index in [4.69, 9.17) is 23.7 Å². The topological polar surface area (TPSA) is 46.2 Å². The maximum absolute atomic E-state index is 6.04. The van der Waals surface area contributed by atoms with Gasteiger partial charge in [-0.1, -0.05) is 133 Å². The van der Waals surface area contributed by atoms with Crippen LogP contribution in [0.1, 0.15) is 27.8 Å². The van der Waals surface area contributed by atoms with E-state index >= 15 is 0 Å². The monoisotopic (exact) mass is 650 g/mol. The lowest BCUT2D eigenvalue weighted by Gasteiger charge is -2.36. The molecule has 0 amide bonds. The van der Waals surface area contributed by atoms with Crippen LogP contribution in [0.2, 0.25) is 0 Å². The molecule has 0 spiro atoms. The fraction of sp³-hybridized carbons (Fsp3) is 0.182. The highest BCUT2D eigenvalue weighted by Gasteiger charge is 2.38. The number of benzene rings is 6. The second-order valence-corrected chi connectivity index (χ2v) is 11.5. The van der Waals surface area contributed by atoms with Crippen LogP contribution in [-0.2, 0) is 21.5 Å². The highest BCUT2D eigenvalue weighted by Crippen LogP contribution is 2.45. The Hall–Kier alpha value is -5.36. The Morgan fingerprint density at radius 1 is 0.306 bits per heavy atom. The van der Waals surface area contributed by atoms with Gasteiger partial charge in [0.2, 0.25) is 0 Å². The summed E-state index contributed by atoms with van der Waals surface area (Å²) < 4.78 is 29.1. The fourth-order valence-corrected chi connectivity index (χ4v) is 6.00. The number of hydrogen-bond donors (Lipinski definition) is 0. The summed E-state index contributed by atoms with van der Waals surface area (Å²) in [5.41, 5.74) is 5.46. The lowest BCUT2D eigenvalue weighted by atomic mass is 9.65. The first-order valence-electron chi connectivity index (χ1n) is 16.8. The van der Waals surface area contributed by atoms with Crippen LogP contribution in [0.15, 0.2) is 170 Å². The molecule has 5 heteroatoms. The number of rotatable bonds is 18. The van der Waals surface area contributed by atoms with Crippen molar-refractivity contribution in [3.05, 3.63) is 198 Å². The molecule has 6 aromatic carbocycles. The lowest BCUT2D eigenvalue weighted by Crippen LogP contribution is -2.30. The van der Waals surface area contributed by atoms with Crippen LogP contribution >= 0.6 is 0 Å². The van der Waals surface area contributed by atoms with Crippen molar-refractivity contribution in [3.8, 4) is 17.2 Å². The summed E-state index contributed by atoms with van der Waals surface area (Å²) >= 11 is 0. The van der Waals surface area contributed by atoms with E-state index in [0.29, 0.717) is 46.2 Å². The van der Waals surface area contributed by atoms with E-state index in [2.05, 4.69) is 103 Å². The smallest absolute Gasteiger partial charge is 0.120 e. The van der Waals surface area contributed by atoms with Crippen LogP contribution in [0.25, 0.3) is 0 Å². The van der Waals surface area contributed by atoms with Gasteiger partial charge in [-0.05, 0) is 64.2 Å². The Morgan fingerprint density at radius 2 is 0.633 bits per heavy atom. The molecular formula is C44H42O5. The summed E-state index contributed by atoms with van der Waals surface area (Å²) in [7, 11) is 0. The average molecular weight is 651 g/mol. The largest absolute Gasteiger partial charge is 0.491 e. The quantitative estimate of drug-likeness (QED) is 0.0686. The summed E-state index contributed by atoms with van der Waals surface area (Å²) in [6, 6.07) is 58.3. The Balaban J connectivity index is 0.926. The molecule has 0 unspecified atom stereocenters. The molecule has 0 saturated heterocycles. The molecule has 0 fully saturated rings. The highest BCUT2D eigenvalue weighted by atomic mass is 16.6. The van der Waals surface area contributed by atoms with Gasteiger partial charge in [-0.3, -0.25) is 0 Å². The molecule has 49 heavy (non-hydrogen) atoms. The zero-order chi connectivity index (χ0) is 33.4. The first-order valence-corrected chi connectivity index (χ1v) is 16.8. The van der Waals surface area contributed by atoms with Gasteiger partial charge >= 0.3 is 0 Å². The molecule has 0 N–H and O–H groups in total. The minimum absolute atomic E-state index is 0.453. The van der Waals surface area contributed by atoms with Gasteiger partial charge in [0, 0.05) is 0 Å². The third-order valence-electron chi connectivity index (χ3n) is 8.34. The molecule has 0 aliphatic carbocycles. The van der Waals surface area contributed by atoms with Crippen LogP contribution in [0.4, 0.5) is 0 Å². The molecule has 6 rings (SSSR count). The molecule has 0 aliphatic rings. The molecular weight excluding hydrogens is 608 g/mol. The SMILES string of the molecule is c1ccc(COc2ccc(OCCOCCOCCOc3ccc(C(c4ccccc4)(c4ccccc4)c4ccccc4)cc3)cc2)cc1. The van der Waals surface area contributed by atoms with Gasteiger partial charge in [0.1, 0.15) is 37.1 Å². The maximum atomic E-state index is 6.04. The zero-order valence-electron chi connectivity index (χ0n) is 27.7. The number of hydrogen-bond acceptors (Lipinski definition) is 5. The third-order valence-corrected chi connectivity index (χ3v) is 8.34. The van der Waals surface area contributed by atoms with Gasteiger partial charge < -0.3 is 23.7 Å². The van der Waals surface area contributed by atoms with Gasteiger partial charge in [-0.2, -0.15) is 0 Å². The molecule has 0 saturated carbocycles. The van der Waals surface area contributed by atoms with Crippen LogP contribution in [-0.4, -0.2) is 39.6 Å². The molecule has 0 atom stereocenters. The predicted octanol–water partition coefficient (Wildman–Crippen LogP) is 9.14. The Labute approximate surface area is 289 Å². The van der Waals surface area contributed by atoms with Gasteiger partial charge in [0.25, 0.3) is 0 Å². The zero-order valence-corrected chi connectivity index (χ0v) is 27.7. The first-order chi connectivity index (χ1) is 24.3. The standard InChI is InChI=1S/C44H42O5/c1-5-13-36(14-6-1)35-49-43-27-25-42(26-28-43)48-34-32-46-30-29-45-31-33-47-41-23-21-40(22-24-41)44(37-15-7-2-8-16-37,38-17-9-3-10-18-38)39-19-11-4-12-20-39/h1-28H,29-35H2. The normalized spacial score (nSPS) is 11.2. The summed E-state index contributed by atoms with van der Waals surface area (Å²) in [5.74, 6) is 2.39. The molecule has 5 nitrogen and oxygen atoms in total. The van der Waals surface area contributed by atoms with Crippen molar-refractivity contribution >= 4 is 0 Å². The van der Waals surface area contributed by atoms with Crippen molar-refractivity contribution in [2.24, 2.45) is 0 Å². The molecule has 0 aromatic heterocycles. The van der Waals surface area contributed by atoms with Crippen molar-refractivity contribution < 1.29 is 23.7 Å². The summed E-state index contributed by atoms with van der Waals surface area (Å²) in [6.07, 6.45) is 0. The van der Waals surface area contributed by atoms with E-state index in [9.17, 15) is 0 Å². The van der Waals surface area contributed by atoms with Crippen molar-refractivity contribution in [3.63, 3.8) is 0 Å². The average Bonchev–Trinajstić information content (AvgIpc) is 3.18. The van der Waals surface area contributed by atoms with Crippen molar-refractivity contribution in [1.29, 1.82) is 0 Å². The second-order valence-electron chi connectivity index (χ2n) is 11.5. The fourth-order valence-electron chi connectivity index (χ4n) is 6.00. The first kappa shape index (κ1) is 33.5. The Kier molecular flexibility index (Phi) is 12.1. The van der Waals surface area contributed by atoms with E-state index in [1.807, 2.05) is 66.7 Å². The summed E-state index contributed by atoms with van der Waals surface area (Å²) in [6.45, 7) is 3.39. The van der Waals surface area contributed by atoms with Crippen LogP contribution in [0.5, 0.6) is 17.2 Å². The minimum Gasteiger partial charge on any atom is -0.491 e. The molecule has 0 heterocycles. The maximum Gasteiger partial charge on any atom is 0.120 e. The minimum atomic E-state index is -0.474. The van der Waals surface area contributed by atoms with Crippen molar-refractivity contribution in [1.82, 2.24) is 0 Å². The van der Waals surface area contributed by atoms with Crippen LogP contribution in [0.3, 0.4) is 0 Å². The molecule has 0 radical (unpaired) electrons. The highest BCUT2D eigenvalue weighted by molar-refractivity contribution is 5.60. The molecule has 6 aromatic rings. The van der Waals surface area contributed by atoms with E-state index in [1.165, 1.54) is 22.3 Å². The number of ether oxygens (including phenoxy) is 5. The third kappa shape index (κ3) is 8.96. The lowest BCUT2D eigenvalue weighted by molar-refractivity contribution is 0.0273. The van der Waals surface area contributed by atoms with E-state index < -0.39 is 5.41 Å².